The van der Waals surface area contributed by atoms with Crippen LogP contribution in [0.25, 0.3) is 0 Å². The fourth-order valence-electron chi connectivity index (χ4n) is 3.47. The highest BCUT2D eigenvalue weighted by Crippen LogP contribution is 2.25. The van der Waals surface area contributed by atoms with Crippen molar-refractivity contribution in [3.05, 3.63) is 64.2 Å². The molecule has 0 radical (unpaired) electrons. The molecule has 0 bridgehead atoms. The van der Waals surface area contributed by atoms with E-state index in [1.807, 2.05) is 52.8 Å². The molecule has 1 unspecified atom stereocenters. The molecule has 0 aromatic heterocycles. The van der Waals surface area contributed by atoms with Crippen molar-refractivity contribution in [1.82, 2.24) is 5.32 Å². The van der Waals surface area contributed by atoms with E-state index in [1.165, 1.54) is 10.6 Å². The fourth-order valence-corrected chi connectivity index (χ4v) is 4.49. The number of hydrogen-bond donors (Lipinski definition) is 1. The van der Waals surface area contributed by atoms with Crippen molar-refractivity contribution in [3.63, 3.8) is 0 Å². The van der Waals surface area contributed by atoms with Gasteiger partial charge in [-0.3, -0.25) is 9.10 Å². The zero-order chi connectivity index (χ0) is 21.8. The Hall–Kier alpha value is -2.34. The molecule has 29 heavy (non-hydrogen) atoms. The molecular formula is C23H32N2O3S. The van der Waals surface area contributed by atoms with Gasteiger partial charge in [-0.25, -0.2) is 8.42 Å². The Morgan fingerprint density at radius 1 is 1.07 bits per heavy atom. The number of rotatable bonds is 8. The van der Waals surface area contributed by atoms with Crippen LogP contribution in [0.4, 0.5) is 5.69 Å². The maximum Gasteiger partial charge on any atom is 0.232 e. The molecule has 158 valence electrons. The third-order valence-electron chi connectivity index (χ3n) is 5.29. The quantitative estimate of drug-likeness (QED) is 0.696. The van der Waals surface area contributed by atoms with Crippen LogP contribution in [-0.4, -0.2) is 27.1 Å². The lowest BCUT2D eigenvalue weighted by Crippen LogP contribution is -2.33. The van der Waals surface area contributed by atoms with Gasteiger partial charge in [0.15, 0.2) is 0 Å². The van der Waals surface area contributed by atoms with Crippen molar-refractivity contribution in [2.24, 2.45) is 0 Å². The van der Waals surface area contributed by atoms with Gasteiger partial charge in [-0.05, 0) is 69.4 Å². The second-order valence-electron chi connectivity index (χ2n) is 7.81. The van der Waals surface area contributed by atoms with Crippen LogP contribution in [0.1, 0.15) is 53.6 Å². The second-order valence-corrected chi connectivity index (χ2v) is 9.71. The summed E-state index contributed by atoms with van der Waals surface area (Å²) in [5, 5.41) is 3.03. The molecule has 1 atom stereocenters. The van der Waals surface area contributed by atoms with Gasteiger partial charge in [-0.15, -0.1) is 0 Å². The van der Waals surface area contributed by atoms with E-state index in [9.17, 15) is 13.2 Å². The van der Waals surface area contributed by atoms with Crippen molar-refractivity contribution < 1.29 is 13.2 Å². The highest BCUT2D eigenvalue weighted by Gasteiger charge is 2.20. The summed E-state index contributed by atoms with van der Waals surface area (Å²) in [6, 6.07) is 11.7. The summed E-state index contributed by atoms with van der Waals surface area (Å²) in [5.41, 5.74) is 6.05. The van der Waals surface area contributed by atoms with Gasteiger partial charge in [0.05, 0.1) is 18.0 Å². The Balaban J connectivity index is 2.01. The lowest BCUT2D eigenvalue weighted by atomic mass is 10.00. The molecule has 0 aliphatic carbocycles. The van der Waals surface area contributed by atoms with E-state index in [4.69, 9.17) is 0 Å². The zero-order valence-corrected chi connectivity index (χ0v) is 19.1. The van der Waals surface area contributed by atoms with Gasteiger partial charge in [0.1, 0.15) is 0 Å². The van der Waals surface area contributed by atoms with Crippen LogP contribution in [0.5, 0.6) is 0 Å². The first kappa shape index (κ1) is 22.9. The average molecular weight is 417 g/mol. The summed E-state index contributed by atoms with van der Waals surface area (Å²) in [5.74, 6) is -0.0761. The van der Waals surface area contributed by atoms with Gasteiger partial charge in [0, 0.05) is 13.0 Å². The number of sulfonamides is 1. The lowest BCUT2D eigenvalue weighted by Gasteiger charge is -2.25. The maximum atomic E-state index is 12.4. The van der Waals surface area contributed by atoms with Crippen molar-refractivity contribution in [2.45, 2.75) is 53.5 Å². The van der Waals surface area contributed by atoms with Crippen LogP contribution in [0, 0.1) is 27.7 Å². The van der Waals surface area contributed by atoms with Crippen LogP contribution >= 0.6 is 0 Å². The maximum absolute atomic E-state index is 12.4. The van der Waals surface area contributed by atoms with Gasteiger partial charge in [0.25, 0.3) is 0 Å². The molecule has 6 heteroatoms. The zero-order valence-electron chi connectivity index (χ0n) is 18.2. The molecule has 0 saturated carbocycles. The number of hydrogen-bond acceptors (Lipinski definition) is 3. The molecule has 5 nitrogen and oxygen atoms in total. The van der Waals surface area contributed by atoms with E-state index in [0.717, 1.165) is 27.8 Å². The molecule has 0 aliphatic heterocycles. The largest absolute Gasteiger partial charge is 0.350 e. The van der Waals surface area contributed by atoms with Crippen LogP contribution in [0.15, 0.2) is 36.4 Å². The van der Waals surface area contributed by atoms with E-state index in [0.29, 0.717) is 12.1 Å². The minimum Gasteiger partial charge on any atom is -0.350 e. The monoisotopic (exact) mass is 416 g/mol. The standard InChI is InChI=1S/C23H32N2O3S/c1-16-12-13-18(3)21(15-16)20(5)24-23(26)11-8-14-25(29(6,27)28)22-10-7-9-17(2)19(22)4/h7,9-10,12-13,15,20H,8,11,14H2,1-6H3,(H,24,26). The smallest absolute Gasteiger partial charge is 0.232 e. The van der Waals surface area contributed by atoms with E-state index < -0.39 is 10.0 Å². The van der Waals surface area contributed by atoms with Crippen molar-refractivity contribution in [2.75, 3.05) is 17.1 Å². The molecule has 0 saturated heterocycles. The number of carbonyl (C=O) groups excluding carboxylic acids is 1. The Morgan fingerprint density at radius 3 is 2.41 bits per heavy atom. The van der Waals surface area contributed by atoms with Gasteiger partial charge in [-0.1, -0.05) is 35.9 Å². The molecule has 2 rings (SSSR count). The third kappa shape index (κ3) is 6.07. The summed E-state index contributed by atoms with van der Waals surface area (Å²) in [6.07, 6.45) is 1.93. The summed E-state index contributed by atoms with van der Waals surface area (Å²) >= 11 is 0. The molecule has 2 aromatic rings. The van der Waals surface area contributed by atoms with E-state index >= 15 is 0 Å². The highest BCUT2D eigenvalue weighted by atomic mass is 32.2. The summed E-state index contributed by atoms with van der Waals surface area (Å²) in [6.45, 7) is 10.2. The van der Waals surface area contributed by atoms with E-state index in [-0.39, 0.29) is 24.9 Å². The first-order chi connectivity index (χ1) is 13.5. The third-order valence-corrected chi connectivity index (χ3v) is 6.47. The number of nitrogens with one attached hydrogen (secondary N) is 1. The molecule has 0 heterocycles. The topological polar surface area (TPSA) is 66.5 Å². The van der Waals surface area contributed by atoms with Gasteiger partial charge < -0.3 is 5.32 Å². The molecule has 1 amide bonds. The first-order valence-corrected chi connectivity index (χ1v) is 11.8. The van der Waals surface area contributed by atoms with E-state index in [1.54, 1.807) is 0 Å². The predicted molar refractivity (Wildman–Crippen MR) is 120 cm³/mol. The summed E-state index contributed by atoms with van der Waals surface area (Å²) < 4.78 is 26.1. The highest BCUT2D eigenvalue weighted by molar-refractivity contribution is 7.92. The molecule has 0 aliphatic rings. The van der Waals surface area contributed by atoms with Crippen molar-refractivity contribution in [1.29, 1.82) is 0 Å². The lowest BCUT2D eigenvalue weighted by molar-refractivity contribution is -0.121. The Morgan fingerprint density at radius 2 is 1.76 bits per heavy atom. The molecule has 1 N–H and O–H groups in total. The molecular weight excluding hydrogens is 384 g/mol. The van der Waals surface area contributed by atoms with Crippen LogP contribution < -0.4 is 9.62 Å². The number of anilines is 1. The molecule has 0 spiro atoms. The number of benzene rings is 2. The van der Waals surface area contributed by atoms with E-state index in [2.05, 4.69) is 23.5 Å². The van der Waals surface area contributed by atoms with Gasteiger partial charge in [0.2, 0.25) is 15.9 Å². The Kier molecular flexibility index (Phi) is 7.47. The normalized spacial score (nSPS) is 12.5. The minimum absolute atomic E-state index is 0.0761. The van der Waals surface area contributed by atoms with Crippen LogP contribution in [0.3, 0.4) is 0 Å². The van der Waals surface area contributed by atoms with Crippen molar-refractivity contribution in [3.8, 4) is 0 Å². The number of amides is 1. The van der Waals surface area contributed by atoms with Gasteiger partial charge in [-0.2, -0.15) is 0 Å². The fraction of sp³-hybridized carbons (Fsp3) is 0.435. The Labute approximate surface area is 175 Å². The number of aryl methyl sites for hydroxylation is 3. The van der Waals surface area contributed by atoms with Crippen molar-refractivity contribution >= 4 is 21.6 Å². The Bertz CT molecular complexity index is 984. The number of carbonyl (C=O) groups is 1. The van der Waals surface area contributed by atoms with Crippen LogP contribution in [-0.2, 0) is 14.8 Å². The summed E-state index contributed by atoms with van der Waals surface area (Å²) in [4.78, 5) is 12.4. The SMILES string of the molecule is Cc1ccc(C)c(C(C)NC(=O)CCCN(c2cccc(C)c2C)S(C)(=O)=O)c1. The molecule has 2 aromatic carbocycles. The second kappa shape index (κ2) is 9.44. The predicted octanol–water partition coefficient (Wildman–Crippen LogP) is 4.34. The number of nitrogens with zero attached hydrogens (tertiary/aromatic N) is 1. The average Bonchev–Trinajstić information content (AvgIpc) is 2.62. The summed E-state index contributed by atoms with van der Waals surface area (Å²) in [7, 11) is -3.43. The van der Waals surface area contributed by atoms with Gasteiger partial charge >= 0.3 is 0 Å². The minimum atomic E-state index is -3.43. The van der Waals surface area contributed by atoms with Crippen LogP contribution in [0.2, 0.25) is 0 Å². The first-order valence-electron chi connectivity index (χ1n) is 9.91. The molecule has 0 fully saturated rings.